The van der Waals surface area contributed by atoms with Crippen molar-refractivity contribution in [3.63, 3.8) is 0 Å². The van der Waals surface area contributed by atoms with E-state index in [4.69, 9.17) is 17.3 Å². The van der Waals surface area contributed by atoms with Crippen LogP contribution in [-0.2, 0) is 6.54 Å². The molecule has 0 unspecified atom stereocenters. The highest BCUT2D eigenvalue weighted by Crippen LogP contribution is 2.27. The number of halogens is 1. The summed E-state index contributed by atoms with van der Waals surface area (Å²) in [5.41, 5.74) is 9.96. The molecule has 17 heavy (non-hydrogen) atoms. The first kappa shape index (κ1) is 12.1. The van der Waals surface area contributed by atoms with Crippen LogP contribution in [0.25, 0.3) is 11.1 Å². The maximum atomic E-state index is 6.14. The highest BCUT2D eigenvalue weighted by molar-refractivity contribution is 6.31. The van der Waals surface area contributed by atoms with Crippen molar-refractivity contribution in [1.29, 1.82) is 0 Å². The van der Waals surface area contributed by atoms with Crippen LogP contribution < -0.4 is 5.73 Å². The van der Waals surface area contributed by atoms with E-state index in [1.165, 1.54) is 0 Å². The Hall–Kier alpha value is -1.32. The molecule has 1 aromatic carbocycles. The summed E-state index contributed by atoms with van der Waals surface area (Å²) in [4.78, 5) is 0. The minimum absolute atomic E-state index is 0.594. The van der Waals surface area contributed by atoms with Gasteiger partial charge in [-0.05, 0) is 31.0 Å². The molecule has 1 heterocycles. The molecule has 3 nitrogen and oxygen atoms in total. The van der Waals surface area contributed by atoms with Gasteiger partial charge in [0.05, 0.1) is 12.7 Å². The first-order valence-electron chi connectivity index (χ1n) is 5.62. The SMILES string of the molecule is Cc1ccc(-c2cnn(CCN)c2C)cc1Cl. The summed E-state index contributed by atoms with van der Waals surface area (Å²) in [7, 11) is 0. The fraction of sp³-hybridized carbons (Fsp3) is 0.308. The van der Waals surface area contributed by atoms with Gasteiger partial charge >= 0.3 is 0 Å². The fourth-order valence-corrected chi connectivity index (χ4v) is 2.02. The second-order valence-electron chi connectivity index (χ2n) is 4.12. The maximum Gasteiger partial charge on any atom is 0.0571 e. The summed E-state index contributed by atoms with van der Waals surface area (Å²) in [5.74, 6) is 0. The van der Waals surface area contributed by atoms with Crippen molar-refractivity contribution in [3.05, 3.63) is 40.7 Å². The summed E-state index contributed by atoms with van der Waals surface area (Å²) < 4.78 is 1.92. The van der Waals surface area contributed by atoms with Crippen molar-refractivity contribution < 1.29 is 0 Å². The lowest BCUT2D eigenvalue weighted by Gasteiger charge is -2.05. The molecule has 0 atom stereocenters. The number of aryl methyl sites for hydroxylation is 1. The second-order valence-corrected chi connectivity index (χ2v) is 4.53. The Morgan fingerprint density at radius 2 is 2.12 bits per heavy atom. The molecule has 0 fully saturated rings. The molecule has 0 aliphatic carbocycles. The van der Waals surface area contributed by atoms with Crippen LogP contribution in [0.4, 0.5) is 0 Å². The summed E-state index contributed by atoms with van der Waals surface area (Å²) in [6.45, 7) is 5.38. The number of aromatic nitrogens is 2. The van der Waals surface area contributed by atoms with Gasteiger partial charge in [-0.2, -0.15) is 5.10 Å². The van der Waals surface area contributed by atoms with E-state index < -0.39 is 0 Å². The quantitative estimate of drug-likeness (QED) is 0.909. The van der Waals surface area contributed by atoms with Crippen LogP contribution in [0.2, 0.25) is 5.02 Å². The van der Waals surface area contributed by atoms with Crippen LogP contribution in [0.1, 0.15) is 11.3 Å². The molecule has 2 aromatic rings. The molecule has 4 heteroatoms. The predicted molar refractivity (Wildman–Crippen MR) is 71.2 cm³/mol. The average Bonchev–Trinajstić information content (AvgIpc) is 2.66. The van der Waals surface area contributed by atoms with E-state index >= 15 is 0 Å². The van der Waals surface area contributed by atoms with Gasteiger partial charge in [-0.15, -0.1) is 0 Å². The van der Waals surface area contributed by atoms with Crippen LogP contribution in [0.15, 0.2) is 24.4 Å². The number of hydrogen-bond donors (Lipinski definition) is 1. The molecule has 0 aliphatic heterocycles. The predicted octanol–water partition coefficient (Wildman–Crippen LogP) is 2.78. The minimum atomic E-state index is 0.594. The first-order valence-corrected chi connectivity index (χ1v) is 6.00. The Kier molecular flexibility index (Phi) is 3.50. The molecular formula is C13H16ClN3. The molecule has 0 radical (unpaired) electrons. The Bertz CT molecular complexity index is 531. The lowest BCUT2D eigenvalue weighted by Crippen LogP contribution is -2.12. The van der Waals surface area contributed by atoms with Crippen LogP contribution in [0.3, 0.4) is 0 Å². The van der Waals surface area contributed by atoms with E-state index in [1.54, 1.807) is 0 Å². The fourth-order valence-electron chi connectivity index (χ4n) is 1.84. The van der Waals surface area contributed by atoms with E-state index in [9.17, 15) is 0 Å². The van der Waals surface area contributed by atoms with Gasteiger partial charge in [-0.3, -0.25) is 4.68 Å². The highest BCUT2D eigenvalue weighted by Gasteiger charge is 2.09. The number of hydrogen-bond acceptors (Lipinski definition) is 2. The van der Waals surface area contributed by atoms with E-state index in [0.29, 0.717) is 6.54 Å². The van der Waals surface area contributed by atoms with Crippen LogP contribution in [0.5, 0.6) is 0 Å². The monoisotopic (exact) mass is 249 g/mol. The zero-order valence-electron chi connectivity index (χ0n) is 10.1. The smallest absolute Gasteiger partial charge is 0.0571 e. The van der Waals surface area contributed by atoms with E-state index in [0.717, 1.165) is 34.0 Å². The Morgan fingerprint density at radius 3 is 2.76 bits per heavy atom. The van der Waals surface area contributed by atoms with Gasteiger partial charge in [-0.1, -0.05) is 23.7 Å². The summed E-state index contributed by atoms with van der Waals surface area (Å²) in [5, 5.41) is 5.11. The molecule has 90 valence electrons. The van der Waals surface area contributed by atoms with Crippen molar-refractivity contribution in [2.45, 2.75) is 20.4 Å². The second kappa shape index (κ2) is 4.90. The molecule has 0 amide bonds. The molecular weight excluding hydrogens is 234 g/mol. The van der Waals surface area contributed by atoms with E-state index in [1.807, 2.05) is 36.9 Å². The van der Waals surface area contributed by atoms with Crippen LogP contribution in [-0.4, -0.2) is 16.3 Å². The standard InChI is InChI=1S/C13H16ClN3/c1-9-3-4-11(7-13(9)14)12-8-16-17(6-5-15)10(12)2/h3-4,7-8H,5-6,15H2,1-2H3. The van der Waals surface area contributed by atoms with Gasteiger partial charge in [0.15, 0.2) is 0 Å². The molecule has 2 N–H and O–H groups in total. The summed E-state index contributed by atoms with van der Waals surface area (Å²) >= 11 is 6.14. The van der Waals surface area contributed by atoms with Crippen LogP contribution >= 0.6 is 11.6 Å². The molecule has 0 saturated heterocycles. The Balaban J connectivity index is 2.42. The van der Waals surface area contributed by atoms with Crippen molar-refractivity contribution >= 4 is 11.6 Å². The third kappa shape index (κ3) is 2.35. The van der Waals surface area contributed by atoms with Gasteiger partial charge in [0, 0.05) is 22.8 Å². The van der Waals surface area contributed by atoms with Gasteiger partial charge in [0.25, 0.3) is 0 Å². The third-order valence-corrected chi connectivity index (χ3v) is 3.33. The highest BCUT2D eigenvalue weighted by atomic mass is 35.5. The van der Waals surface area contributed by atoms with Crippen molar-refractivity contribution in [3.8, 4) is 11.1 Å². The molecule has 0 bridgehead atoms. The minimum Gasteiger partial charge on any atom is -0.329 e. The lowest BCUT2D eigenvalue weighted by molar-refractivity contribution is 0.608. The zero-order valence-corrected chi connectivity index (χ0v) is 10.8. The number of benzene rings is 1. The van der Waals surface area contributed by atoms with Gasteiger partial charge < -0.3 is 5.73 Å². The topological polar surface area (TPSA) is 43.8 Å². The summed E-state index contributed by atoms with van der Waals surface area (Å²) in [6.07, 6.45) is 1.87. The lowest BCUT2D eigenvalue weighted by atomic mass is 10.1. The number of nitrogens with zero attached hydrogens (tertiary/aromatic N) is 2. The largest absolute Gasteiger partial charge is 0.329 e. The normalized spacial score (nSPS) is 10.8. The molecule has 1 aromatic heterocycles. The molecule has 0 aliphatic rings. The first-order chi connectivity index (χ1) is 8.13. The van der Waals surface area contributed by atoms with E-state index in [2.05, 4.69) is 11.2 Å². The number of rotatable bonds is 3. The summed E-state index contributed by atoms with van der Waals surface area (Å²) in [6, 6.07) is 6.07. The van der Waals surface area contributed by atoms with Crippen molar-refractivity contribution in [2.24, 2.45) is 5.73 Å². The van der Waals surface area contributed by atoms with Gasteiger partial charge in [0.2, 0.25) is 0 Å². The Labute approximate surface area is 106 Å². The van der Waals surface area contributed by atoms with Crippen molar-refractivity contribution in [1.82, 2.24) is 9.78 Å². The Morgan fingerprint density at radius 1 is 1.35 bits per heavy atom. The third-order valence-electron chi connectivity index (χ3n) is 2.93. The molecule has 0 spiro atoms. The molecule has 0 saturated carbocycles. The van der Waals surface area contributed by atoms with Crippen molar-refractivity contribution in [2.75, 3.05) is 6.54 Å². The number of nitrogens with two attached hydrogens (primary N) is 1. The van der Waals surface area contributed by atoms with Crippen LogP contribution in [0, 0.1) is 13.8 Å². The molecule has 2 rings (SSSR count). The van der Waals surface area contributed by atoms with Gasteiger partial charge in [0.1, 0.15) is 0 Å². The average molecular weight is 250 g/mol. The van der Waals surface area contributed by atoms with E-state index in [-0.39, 0.29) is 0 Å². The van der Waals surface area contributed by atoms with Gasteiger partial charge in [-0.25, -0.2) is 0 Å². The maximum absolute atomic E-state index is 6.14. The zero-order chi connectivity index (χ0) is 12.4.